The molecule has 26 heavy (non-hydrogen) atoms. The largest absolute Gasteiger partial charge is 0.480 e. The SMILES string of the molecule is CC(NC(=O)CNC(=O)C(CCC(N)=O)NC(=O)C1CCCN1)C(=O)O. The molecule has 1 heterocycles. The molecule has 1 aliphatic rings. The topological polar surface area (TPSA) is 180 Å². The van der Waals surface area contributed by atoms with Crippen molar-refractivity contribution in [1.29, 1.82) is 0 Å². The molecule has 0 aromatic carbocycles. The molecule has 0 aromatic heterocycles. The number of carbonyl (C=O) groups excluding carboxylic acids is 4. The summed E-state index contributed by atoms with van der Waals surface area (Å²) >= 11 is 0. The van der Waals surface area contributed by atoms with E-state index in [0.717, 1.165) is 6.42 Å². The van der Waals surface area contributed by atoms with E-state index in [9.17, 15) is 24.0 Å². The maximum absolute atomic E-state index is 12.2. The number of nitrogens with two attached hydrogens (primary N) is 1. The summed E-state index contributed by atoms with van der Waals surface area (Å²) in [6.07, 6.45) is 1.37. The van der Waals surface area contributed by atoms with Crippen LogP contribution < -0.4 is 27.0 Å². The number of aliphatic carboxylic acids is 1. The minimum Gasteiger partial charge on any atom is -0.480 e. The van der Waals surface area contributed by atoms with E-state index >= 15 is 0 Å². The molecule has 4 amide bonds. The number of carboxylic acids is 1. The zero-order valence-electron chi connectivity index (χ0n) is 14.5. The molecule has 1 aliphatic heterocycles. The highest BCUT2D eigenvalue weighted by Crippen LogP contribution is 2.06. The lowest BCUT2D eigenvalue weighted by Gasteiger charge is -2.20. The van der Waals surface area contributed by atoms with Gasteiger partial charge < -0.3 is 32.1 Å². The lowest BCUT2D eigenvalue weighted by Crippen LogP contribution is -2.53. The Labute approximate surface area is 150 Å². The van der Waals surface area contributed by atoms with Crippen LogP contribution in [0, 0.1) is 0 Å². The van der Waals surface area contributed by atoms with Gasteiger partial charge in [-0.2, -0.15) is 0 Å². The van der Waals surface area contributed by atoms with Gasteiger partial charge in [0.25, 0.3) is 0 Å². The molecule has 0 aliphatic carbocycles. The fourth-order valence-electron chi connectivity index (χ4n) is 2.38. The zero-order valence-corrected chi connectivity index (χ0v) is 14.5. The molecule has 1 saturated heterocycles. The van der Waals surface area contributed by atoms with Crippen molar-refractivity contribution in [3.05, 3.63) is 0 Å². The Morgan fingerprint density at radius 2 is 1.92 bits per heavy atom. The smallest absolute Gasteiger partial charge is 0.325 e. The fourth-order valence-corrected chi connectivity index (χ4v) is 2.38. The van der Waals surface area contributed by atoms with Crippen LogP contribution in [0.1, 0.15) is 32.6 Å². The van der Waals surface area contributed by atoms with Crippen molar-refractivity contribution in [3.8, 4) is 0 Å². The molecule has 1 rings (SSSR count). The molecule has 0 radical (unpaired) electrons. The van der Waals surface area contributed by atoms with Crippen molar-refractivity contribution < 1.29 is 29.1 Å². The third-order valence-electron chi connectivity index (χ3n) is 3.86. The quantitative estimate of drug-likeness (QED) is 0.240. The van der Waals surface area contributed by atoms with Crippen LogP contribution in [0.15, 0.2) is 0 Å². The lowest BCUT2D eigenvalue weighted by molar-refractivity contribution is -0.141. The highest BCUT2D eigenvalue weighted by molar-refractivity contribution is 5.93. The van der Waals surface area contributed by atoms with Crippen molar-refractivity contribution in [2.45, 2.75) is 50.7 Å². The number of hydrogen-bond acceptors (Lipinski definition) is 6. The monoisotopic (exact) mass is 371 g/mol. The first kappa shape index (κ1) is 21.4. The summed E-state index contributed by atoms with van der Waals surface area (Å²) in [4.78, 5) is 57.6. The Bertz CT molecular complexity index is 561. The Kier molecular flexibility index (Phi) is 8.49. The maximum Gasteiger partial charge on any atom is 0.325 e. The van der Waals surface area contributed by atoms with Crippen LogP contribution in [0.3, 0.4) is 0 Å². The van der Waals surface area contributed by atoms with E-state index in [2.05, 4.69) is 21.3 Å². The molecular weight excluding hydrogens is 346 g/mol. The summed E-state index contributed by atoms with van der Waals surface area (Å²) in [6.45, 7) is 1.53. The number of rotatable bonds is 10. The molecule has 0 bridgehead atoms. The number of carboxylic acid groups (broad SMARTS) is 1. The molecular formula is C15H25N5O6. The van der Waals surface area contributed by atoms with Crippen LogP contribution >= 0.6 is 0 Å². The van der Waals surface area contributed by atoms with Crippen LogP contribution in [0.25, 0.3) is 0 Å². The van der Waals surface area contributed by atoms with E-state index in [1.54, 1.807) is 0 Å². The number of hydrogen-bond donors (Lipinski definition) is 6. The second-order valence-corrected chi connectivity index (χ2v) is 6.06. The second-order valence-electron chi connectivity index (χ2n) is 6.06. The Morgan fingerprint density at radius 3 is 2.46 bits per heavy atom. The van der Waals surface area contributed by atoms with Gasteiger partial charge in [0, 0.05) is 6.42 Å². The predicted octanol–water partition coefficient (Wildman–Crippen LogP) is -2.81. The highest BCUT2D eigenvalue weighted by atomic mass is 16.4. The first-order chi connectivity index (χ1) is 12.2. The van der Waals surface area contributed by atoms with E-state index in [1.165, 1.54) is 6.92 Å². The van der Waals surface area contributed by atoms with Crippen LogP contribution in [-0.4, -0.2) is 65.9 Å². The van der Waals surface area contributed by atoms with E-state index < -0.39 is 48.4 Å². The summed E-state index contributed by atoms with van der Waals surface area (Å²) in [7, 11) is 0. The van der Waals surface area contributed by atoms with Crippen molar-refractivity contribution in [1.82, 2.24) is 21.3 Å². The van der Waals surface area contributed by atoms with Crippen molar-refractivity contribution in [2.24, 2.45) is 5.73 Å². The Morgan fingerprint density at radius 1 is 1.23 bits per heavy atom. The van der Waals surface area contributed by atoms with E-state index in [0.29, 0.717) is 13.0 Å². The first-order valence-corrected chi connectivity index (χ1v) is 8.32. The van der Waals surface area contributed by atoms with E-state index in [4.69, 9.17) is 10.8 Å². The van der Waals surface area contributed by atoms with Crippen molar-refractivity contribution in [3.63, 3.8) is 0 Å². The fraction of sp³-hybridized carbons (Fsp3) is 0.667. The van der Waals surface area contributed by atoms with Gasteiger partial charge >= 0.3 is 5.97 Å². The summed E-state index contributed by atoms with van der Waals surface area (Å²) in [6, 6.07) is -2.53. The summed E-state index contributed by atoms with van der Waals surface area (Å²) in [5.74, 6) is -3.54. The average Bonchev–Trinajstić information content (AvgIpc) is 3.10. The second kappa shape index (κ2) is 10.3. The highest BCUT2D eigenvalue weighted by Gasteiger charge is 2.27. The number of amides is 4. The summed E-state index contributed by atoms with van der Waals surface area (Å²) in [5, 5.41) is 18.8. The van der Waals surface area contributed by atoms with Gasteiger partial charge in [-0.15, -0.1) is 0 Å². The van der Waals surface area contributed by atoms with Gasteiger partial charge in [0.05, 0.1) is 12.6 Å². The Hall–Kier alpha value is -2.69. The molecule has 0 saturated carbocycles. The maximum atomic E-state index is 12.2. The van der Waals surface area contributed by atoms with Gasteiger partial charge in [-0.05, 0) is 32.7 Å². The molecule has 11 nitrogen and oxygen atoms in total. The number of primary amides is 1. The standard InChI is InChI=1S/C15H25N5O6/c1-8(15(25)26)19-12(22)7-18-13(23)10(4-5-11(16)21)20-14(24)9-3-2-6-17-9/h8-10,17H,2-7H2,1H3,(H2,16,21)(H,18,23)(H,19,22)(H,20,24)(H,25,26). The molecule has 11 heteroatoms. The van der Waals surface area contributed by atoms with Crippen molar-refractivity contribution in [2.75, 3.05) is 13.1 Å². The third kappa shape index (κ3) is 7.47. The number of nitrogens with one attached hydrogen (secondary N) is 4. The predicted molar refractivity (Wildman–Crippen MR) is 89.6 cm³/mol. The van der Waals surface area contributed by atoms with Gasteiger partial charge in [0.15, 0.2) is 0 Å². The van der Waals surface area contributed by atoms with Crippen LogP contribution in [0.4, 0.5) is 0 Å². The van der Waals surface area contributed by atoms with E-state index in [1.807, 2.05) is 0 Å². The Balaban J connectivity index is 2.56. The molecule has 1 fully saturated rings. The molecule has 146 valence electrons. The first-order valence-electron chi connectivity index (χ1n) is 8.32. The molecule has 0 spiro atoms. The van der Waals surface area contributed by atoms with Gasteiger partial charge in [-0.25, -0.2) is 0 Å². The van der Waals surface area contributed by atoms with Gasteiger partial charge in [0.1, 0.15) is 12.1 Å². The van der Waals surface area contributed by atoms with Crippen LogP contribution in [0.2, 0.25) is 0 Å². The van der Waals surface area contributed by atoms with Crippen molar-refractivity contribution >= 4 is 29.6 Å². The molecule has 7 N–H and O–H groups in total. The van der Waals surface area contributed by atoms with Crippen LogP contribution in [0.5, 0.6) is 0 Å². The normalized spacial score (nSPS) is 18.4. The minimum atomic E-state index is -1.21. The molecule has 3 atom stereocenters. The van der Waals surface area contributed by atoms with Gasteiger partial charge in [-0.1, -0.05) is 0 Å². The van der Waals surface area contributed by atoms with E-state index in [-0.39, 0.29) is 18.7 Å². The third-order valence-corrected chi connectivity index (χ3v) is 3.86. The zero-order chi connectivity index (χ0) is 19.7. The number of carbonyl (C=O) groups is 5. The molecule has 3 unspecified atom stereocenters. The lowest BCUT2D eigenvalue weighted by atomic mass is 10.1. The molecule has 0 aromatic rings. The van der Waals surface area contributed by atoms with Gasteiger partial charge in [-0.3, -0.25) is 24.0 Å². The van der Waals surface area contributed by atoms with Crippen LogP contribution in [-0.2, 0) is 24.0 Å². The average molecular weight is 371 g/mol. The summed E-state index contributed by atoms with van der Waals surface area (Å²) < 4.78 is 0. The summed E-state index contributed by atoms with van der Waals surface area (Å²) in [5.41, 5.74) is 5.08. The minimum absolute atomic E-state index is 0.00717. The van der Waals surface area contributed by atoms with Gasteiger partial charge in [0.2, 0.25) is 23.6 Å².